The van der Waals surface area contributed by atoms with E-state index in [0.717, 1.165) is 13.0 Å². The predicted octanol–water partition coefficient (Wildman–Crippen LogP) is 2.86. The normalized spacial score (nSPS) is 13.6. The topological polar surface area (TPSA) is 37.4 Å². The highest BCUT2D eigenvalue weighted by Crippen LogP contribution is 2.18. The highest BCUT2D eigenvalue weighted by Gasteiger charge is 2.21. The quantitative estimate of drug-likeness (QED) is 0.794. The van der Waals surface area contributed by atoms with Gasteiger partial charge in [0.25, 0.3) is 0 Å². The van der Waals surface area contributed by atoms with Crippen molar-refractivity contribution in [3.8, 4) is 5.88 Å². The molecule has 0 bridgehead atoms. The van der Waals surface area contributed by atoms with E-state index in [2.05, 4.69) is 57.0 Å². The van der Waals surface area contributed by atoms with Gasteiger partial charge in [0.15, 0.2) is 0 Å². The molecular weight excluding hydrogens is 250 g/mol. The lowest BCUT2D eigenvalue weighted by Gasteiger charge is -2.31. The third kappa shape index (κ3) is 5.10. The van der Waals surface area contributed by atoms with E-state index in [0.29, 0.717) is 18.5 Å². The summed E-state index contributed by atoms with van der Waals surface area (Å²) >= 11 is 0. The fourth-order valence-electron chi connectivity index (χ4n) is 1.63. The molecule has 1 atom stereocenters. The number of ether oxygens (including phenoxy) is 1. The molecule has 1 aromatic rings. The first-order chi connectivity index (χ1) is 9.36. The Hall–Kier alpha value is -1.13. The summed E-state index contributed by atoms with van der Waals surface area (Å²) in [5, 5.41) is 3.47. The third-order valence-corrected chi connectivity index (χ3v) is 3.74. The molecule has 4 heteroatoms. The summed E-state index contributed by atoms with van der Waals surface area (Å²) in [6.45, 7) is 10.3. The van der Waals surface area contributed by atoms with Crippen molar-refractivity contribution in [3.63, 3.8) is 0 Å². The monoisotopic (exact) mass is 279 g/mol. The van der Waals surface area contributed by atoms with Crippen molar-refractivity contribution in [2.75, 3.05) is 27.2 Å². The van der Waals surface area contributed by atoms with E-state index in [1.165, 1.54) is 5.56 Å². The lowest BCUT2D eigenvalue weighted by Crippen LogP contribution is -2.43. The molecular formula is C16H29N3O. The van der Waals surface area contributed by atoms with Crippen molar-refractivity contribution < 1.29 is 4.74 Å². The molecule has 1 aromatic heterocycles. The molecule has 114 valence electrons. The number of nitrogens with one attached hydrogen (secondary N) is 1. The molecule has 0 saturated heterocycles. The molecule has 0 aromatic carbocycles. The Morgan fingerprint density at radius 1 is 1.40 bits per heavy atom. The van der Waals surface area contributed by atoms with Gasteiger partial charge in [0.05, 0.1) is 0 Å². The summed E-state index contributed by atoms with van der Waals surface area (Å²) in [5.74, 6) is 0.697. The summed E-state index contributed by atoms with van der Waals surface area (Å²) in [4.78, 5) is 6.45. The lowest BCUT2D eigenvalue weighted by atomic mass is 10.1. The molecule has 0 amide bonds. The van der Waals surface area contributed by atoms with E-state index >= 15 is 0 Å². The maximum Gasteiger partial charge on any atom is 0.213 e. The van der Waals surface area contributed by atoms with Crippen LogP contribution in [0.3, 0.4) is 0 Å². The van der Waals surface area contributed by atoms with Crippen molar-refractivity contribution in [3.05, 3.63) is 23.9 Å². The van der Waals surface area contributed by atoms with E-state index in [1.54, 1.807) is 0 Å². The van der Waals surface area contributed by atoms with Gasteiger partial charge in [0.2, 0.25) is 5.88 Å². The van der Waals surface area contributed by atoms with Crippen molar-refractivity contribution >= 4 is 0 Å². The minimum absolute atomic E-state index is 0.0102. The fraction of sp³-hybridized carbons (Fsp3) is 0.688. The predicted molar refractivity (Wildman–Crippen MR) is 84.2 cm³/mol. The molecule has 1 N–H and O–H groups in total. The van der Waals surface area contributed by atoms with Crippen molar-refractivity contribution in [1.82, 2.24) is 15.2 Å². The fourth-order valence-corrected chi connectivity index (χ4v) is 1.63. The number of nitrogens with zero attached hydrogens (tertiary/aromatic N) is 2. The van der Waals surface area contributed by atoms with Crippen LogP contribution < -0.4 is 10.1 Å². The number of hydrogen-bond acceptors (Lipinski definition) is 4. The summed E-state index contributed by atoms with van der Waals surface area (Å²) in [7, 11) is 4.12. The van der Waals surface area contributed by atoms with Gasteiger partial charge in [-0.05, 0) is 59.5 Å². The summed E-state index contributed by atoms with van der Waals surface area (Å²) in [6.07, 6.45) is 2.95. The Morgan fingerprint density at radius 2 is 2.10 bits per heavy atom. The minimum atomic E-state index is -0.0102. The van der Waals surface area contributed by atoms with Gasteiger partial charge in [-0.15, -0.1) is 0 Å². The SMILES string of the molecule is CCCNC(C)c1ccnc(OCC(C)(C)N(C)C)c1. The first-order valence-electron chi connectivity index (χ1n) is 7.36. The Labute approximate surface area is 123 Å². The average Bonchev–Trinajstić information content (AvgIpc) is 2.42. The van der Waals surface area contributed by atoms with Gasteiger partial charge in [-0.3, -0.25) is 0 Å². The second kappa shape index (κ2) is 7.60. The van der Waals surface area contributed by atoms with Crippen LogP contribution in [0.4, 0.5) is 0 Å². The standard InChI is InChI=1S/C16H29N3O/c1-7-9-17-13(2)14-8-10-18-15(11-14)20-12-16(3,4)19(5)6/h8,10-11,13,17H,7,9,12H2,1-6H3. The van der Waals surface area contributed by atoms with Crippen LogP contribution in [0.5, 0.6) is 5.88 Å². The zero-order chi connectivity index (χ0) is 15.2. The summed E-state index contributed by atoms with van der Waals surface area (Å²) < 4.78 is 5.85. The number of pyridine rings is 1. The molecule has 4 nitrogen and oxygen atoms in total. The van der Waals surface area contributed by atoms with Gasteiger partial charge in [0.1, 0.15) is 6.61 Å². The van der Waals surface area contributed by atoms with E-state index in [1.807, 2.05) is 18.3 Å². The van der Waals surface area contributed by atoms with Crippen LogP contribution in [0.15, 0.2) is 18.3 Å². The van der Waals surface area contributed by atoms with Crippen molar-refractivity contribution in [1.29, 1.82) is 0 Å². The summed E-state index contributed by atoms with van der Waals surface area (Å²) in [5.41, 5.74) is 1.20. The molecule has 20 heavy (non-hydrogen) atoms. The van der Waals surface area contributed by atoms with Gasteiger partial charge in [0, 0.05) is 23.8 Å². The maximum atomic E-state index is 5.85. The Bertz CT molecular complexity index is 404. The van der Waals surface area contributed by atoms with Gasteiger partial charge >= 0.3 is 0 Å². The molecule has 0 aliphatic heterocycles. The van der Waals surface area contributed by atoms with E-state index in [-0.39, 0.29) is 5.54 Å². The Kier molecular flexibility index (Phi) is 6.43. The molecule has 1 unspecified atom stereocenters. The highest BCUT2D eigenvalue weighted by atomic mass is 16.5. The average molecular weight is 279 g/mol. The molecule has 0 aliphatic carbocycles. The van der Waals surface area contributed by atoms with E-state index < -0.39 is 0 Å². The zero-order valence-electron chi connectivity index (χ0n) is 13.7. The number of aromatic nitrogens is 1. The molecule has 0 fully saturated rings. The first-order valence-corrected chi connectivity index (χ1v) is 7.36. The largest absolute Gasteiger partial charge is 0.476 e. The number of rotatable bonds is 8. The Balaban J connectivity index is 2.64. The lowest BCUT2D eigenvalue weighted by molar-refractivity contribution is 0.111. The van der Waals surface area contributed by atoms with E-state index in [9.17, 15) is 0 Å². The van der Waals surface area contributed by atoms with Crippen molar-refractivity contribution in [2.24, 2.45) is 0 Å². The third-order valence-electron chi connectivity index (χ3n) is 3.74. The zero-order valence-corrected chi connectivity index (χ0v) is 13.7. The molecule has 1 heterocycles. The maximum absolute atomic E-state index is 5.85. The van der Waals surface area contributed by atoms with Gasteiger partial charge in [-0.25, -0.2) is 4.98 Å². The van der Waals surface area contributed by atoms with Crippen LogP contribution in [0.2, 0.25) is 0 Å². The van der Waals surface area contributed by atoms with Crippen LogP contribution in [-0.2, 0) is 0 Å². The van der Waals surface area contributed by atoms with Crippen LogP contribution in [0.25, 0.3) is 0 Å². The molecule has 0 saturated carbocycles. The minimum Gasteiger partial charge on any atom is -0.476 e. The summed E-state index contributed by atoms with van der Waals surface area (Å²) in [6, 6.07) is 4.39. The molecule has 0 spiro atoms. The first kappa shape index (κ1) is 16.9. The van der Waals surface area contributed by atoms with Gasteiger partial charge in [-0.2, -0.15) is 0 Å². The van der Waals surface area contributed by atoms with Crippen LogP contribution in [-0.4, -0.2) is 42.7 Å². The van der Waals surface area contributed by atoms with Crippen molar-refractivity contribution in [2.45, 2.75) is 45.7 Å². The Morgan fingerprint density at radius 3 is 2.70 bits per heavy atom. The van der Waals surface area contributed by atoms with Crippen LogP contribution in [0.1, 0.15) is 45.7 Å². The second-order valence-electron chi connectivity index (χ2n) is 6.10. The highest BCUT2D eigenvalue weighted by molar-refractivity contribution is 5.23. The molecule has 0 aliphatic rings. The number of likely N-dealkylation sites (N-methyl/N-ethyl adjacent to an activating group) is 1. The van der Waals surface area contributed by atoms with Crippen LogP contribution in [0, 0.1) is 0 Å². The van der Waals surface area contributed by atoms with Crippen LogP contribution >= 0.6 is 0 Å². The second-order valence-corrected chi connectivity index (χ2v) is 6.10. The van der Waals surface area contributed by atoms with Gasteiger partial charge < -0.3 is 15.0 Å². The van der Waals surface area contributed by atoms with E-state index in [4.69, 9.17) is 4.74 Å². The molecule has 1 rings (SSSR count). The smallest absolute Gasteiger partial charge is 0.213 e. The number of hydrogen-bond donors (Lipinski definition) is 1. The van der Waals surface area contributed by atoms with Gasteiger partial charge in [-0.1, -0.05) is 6.92 Å². The molecule has 0 radical (unpaired) electrons.